The van der Waals surface area contributed by atoms with Gasteiger partial charge in [-0.3, -0.25) is 14.9 Å². The highest BCUT2D eigenvalue weighted by Crippen LogP contribution is 2.27. The summed E-state index contributed by atoms with van der Waals surface area (Å²) in [5.74, 6) is -0.300. The summed E-state index contributed by atoms with van der Waals surface area (Å²) in [5.41, 5.74) is -0.271. The van der Waals surface area contributed by atoms with Gasteiger partial charge in [-0.25, -0.2) is 0 Å². The monoisotopic (exact) mass is 303 g/mol. The highest BCUT2D eigenvalue weighted by atomic mass is 35.5. The van der Waals surface area contributed by atoms with Crippen molar-refractivity contribution in [3.8, 4) is 0 Å². The second-order valence-electron chi connectivity index (χ2n) is 3.61. The molecule has 0 saturated carbocycles. The Morgan fingerprint density at radius 2 is 2.26 bits per heavy atom. The van der Waals surface area contributed by atoms with Gasteiger partial charge in [0, 0.05) is 18.7 Å². The summed E-state index contributed by atoms with van der Waals surface area (Å²) < 4.78 is 13.4. The van der Waals surface area contributed by atoms with Gasteiger partial charge < -0.3 is 0 Å². The van der Waals surface area contributed by atoms with E-state index in [0.29, 0.717) is 17.7 Å². The number of rotatable bonds is 5. The predicted molar refractivity (Wildman–Crippen MR) is 74.9 cm³/mol. The molecule has 0 unspecified atom stereocenters. The SMILES string of the molecule is CC(=O)SCCC=Cc1cc(F)c([N+](=O)[O-])cc1Cl. The third-order valence-electron chi connectivity index (χ3n) is 2.15. The van der Waals surface area contributed by atoms with Crippen LogP contribution in [0.3, 0.4) is 0 Å². The molecule has 0 fully saturated rings. The molecule has 0 radical (unpaired) electrons. The van der Waals surface area contributed by atoms with E-state index < -0.39 is 16.4 Å². The van der Waals surface area contributed by atoms with Crippen molar-refractivity contribution in [3.63, 3.8) is 0 Å². The Kier molecular flexibility index (Phi) is 5.98. The number of carbonyl (C=O) groups is 1. The van der Waals surface area contributed by atoms with E-state index in [2.05, 4.69) is 0 Å². The fourth-order valence-electron chi connectivity index (χ4n) is 1.30. The summed E-state index contributed by atoms with van der Waals surface area (Å²) in [6, 6.07) is 2.01. The summed E-state index contributed by atoms with van der Waals surface area (Å²) >= 11 is 7.02. The second-order valence-corrected chi connectivity index (χ2v) is 5.29. The van der Waals surface area contributed by atoms with Crippen LogP contribution in [-0.2, 0) is 4.79 Å². The van der Waals surface area contributed by atoms with Crippen LogP contribution >= 0.6 is 23.4 Å². The Balaban J connectivity index is 2.74. The van der Waals surface area contributed by atoms with Crippen molar-refractivity contribution in [1.29, 1.82) is 0 Å². The molecule has 0 heterocycles. The summed E-state index contributed by atoms with van der Waals surface area (Å²) in [7, 11) is 0. The minimum atomic E-state index is -0.924. The van der Waals surface area contributed by atoms with Gasteiger partial charge in [0.2, 0.25) is 5.82 Å². The van der Waals surface area contributed by atoms with E-state index in [1.165, 1.54) is 18.7 Å². The average Bonchev–Trinajstić information content (AvgIpc) is 2.31. The first kappa shape index (κ1) is 15.7. The van der Waals surface area contributed by atoms with E-state index in [1.54, 1.807) is 12.2 Å². The Labute approximate surface area is 118 Å². The van der Waals surface area contributed by atoms with Crippen molar-refractivity contribution in [2.75, 3.05) is 5.75 Å². The number of nitrogens with zero attached hydrogens (tertiary/aromatic N) is 1. The van der Waals surface area contributed by atoms with Crippen molar-refractivity contribution in [3.05, 3.63) is 44.7 Å². The first-order chi connectivity index (χ1) is 8.91. The topological polar surface area (TPSA) is 60.2 Å². The van der Waals surface area contributed by atoms with Crippen LogP contribution in [0.15, 0.2) is 18.2 Å². The molecular formula is C12H11ClFNO3S. The number of halogens is 2. The first-order valence-electron chi connectivity index (χ1n) is 5.35. The van der Waals surface area contributed by atoms with Crippen LogP contribution in [0.5, 0.6) is 0 Å². The minimum Gasteiger partial charge on any atom is -0.288 e. The Morgan fingerprint density at radius 1 is 1.58 bits per heavy atom. The van der Waals surface area contributed by atoms with Gasteiger partial charge in [0.25, 0.3) is 0 Å². The Bertz CT molecular complexity index is 534. The Morgan fingerprint density at radius 3 is 2.84 bits per heavy atom. The number of benzene rings is 1. The highest BCUT2D eigenvalue weighted by Gasteiger charge is 2.16. The zero-order valence-electron chi connectivity index (χ0n) is 10.1. The van der Waals surface area contributed by atoms with Gasteiger partial charge in [-0.05, 0) is 18.1 Å². The Hall–Kier alpha value is -1.40. The van der Waals surface area contributed by atoms with E-state index >= 15 is 0 Å². The smallest absolute Gasteiger partial charge is 0.288 e. The third kappa shape index (κ3) is 5.00. The molecule has 0 aliphatic heterocycles. The van der Waals surface area contributed by atoms with E-state index in [1.807, 2.05) is 0 Å². The predicted octanol–water partition coefficient (Wildman–Crippen LogP) is 4.07. The summed E-state index contributed by atoms with van der Waals surface area (Å²) in [6.45, 7) is 1.48. The van der Waals surface area contributed by atoms with Crippen LogP contribution in [0.4, 0.5) is 10.1 Å². The van der Waals surface area contributed by atoms with Crippen molar-refractivity contribution in [2.24, 2.45) is 0 Å². The maximum atomic E-state index is 13.4. The maximum Gasteiger partial charge on any atom is 0.306 e. The molecule has 1 rings (SSSR count). The summed E-state index contributed by atoms with van der Waals surface area (Å²) in [6.07, 6.45) is 3.94. The number of allylic oxidation sites excluding steroid dienone is 1. The first-order valence-corrected chi connectivity index (χ1v) is 6.71. The lowest BCUT2D eigenvalue weighted by molar-refractivity contribution is -0.387. The van der Waals surface area contributed by atoms with Gasteiger partial charge in [0.05, 0.1) is 9.95 Å². The second kappa shape index (κ2) is 7.25. The van der Waals surface area contributed by atoms with E-state index in [9.17, 15) is 19.3 Å². The molecule has 0 amide bonds. The maximum absolute atomic E-state index is 13.4. The van der Waals surface area contributed by atoms with Gasteiger partial charge in [-0.15, -0.1) is 0 Å². The number of nitro benzene ring substituents is 1. The molecule has 0 N–H and O–H groups in total. The fourth-order valence-corrected chi connectivity index (χ4v) is 2.06. The molecule has 102 valence electrons. The molecule has 1 aromatic carbocycles. The van der Waals surface area contributed by atoms with E-state index in [-0.39, 0.29) is 10.1 Å². The molecule has 1 aromatic rings. The van der Waals surface area contributed by atoms with Crippen LogP contribution in [-0.4, -0.2) is 15.8 Å². The van der Waals surface area contributed by atoms with Crippen molar-refractivity contribution in [1.82, 2.24) is 0 Å². The van der Waals surface area contributed by atoms with Crippen LogP contribution in [0.1, 0.15) is 18.9 Å². The molecule has 0 aliphatic carbocycles. The largest absolute Gasteiger partial charge is 0.306 e. The lowest BCUT2D eigenvalue weighted by Crippen LogP contribution is -1.93. The standard InChI is InChI=1S/C12H11ClFNO3S/c1-8(16)19-5-3-2-4-9-6-11(14)12(15(17)18)7-10(9)13/h2,4,6-7H,3,5H2,1H3. The lowest BCUT2D eigenvalue weighted by Gasteiger charge is -2.00. The average molecular weight is 304 g/mol. The molecule has 7 heteroatoms. The summed E-state index contributed by atoms with van der Waals surface area (Å²) in [5, 5.41) is 10.7. The van der Waals surface area contributed by atoms with Gasteiger partial charge in [0.1, 0.15) is 0 Å². The third-order valence-corrected chi connectivity index (χ3v) is 3.32. The zero-order chi connectivity index (χ0) is 14.4. The number of nitro groups is 1. The van der Waals surface area contributed by atoms with Crippen LogP contribution in [0.2, 0.25) is 5.02 Å². The van der Waals surface area contributed by atoms with Gasteiger partial charge in [-0.1, -0.05) is 35.5 Å². The molecule has 0 saturated heterocycles. The number of hydrogen-bond donors (Lipinski definition) is 0. The number of carbonyl (C=O) groups excluding carboxylic acids is 1. The molecule has 0 bridgehead atoms. The van der Waals surface area contributed by atoms with Crippen molar-refractivity contribution in [2.45, 2.75) is 13.3 Å². The van der Waals surface area contributed by atoms with Gasteiger partial charge in [0.15, 0.2) is 5.12 Å². The summed E-state index contributed by atoms with van der Waals surface area (Å²) in [4.78, 5) is 20.4. The van der Waals surface area contributed by atoms with Gasteiger partial charge in [-0.2, -0.15) is 4.39 Å². The fraction of sp³-hybridized carbons (Fsp3) is 0.250. The highest BCUT2D eigenvalue weighted by molar-refractivity contribution is 8.13. The molecule has 0 atom stereocenters. The van der Waals surface area contributed by atoms with Crippen LogP contribution in [0, 0.1) is 15.9 Å². The van der Waals surface area contributed by atoms with Crippen molar-refractivity contribution >= 4 is 40.2 Å². The minimum absolute atomic E-state index is 0.0350. The normalized spacial score (nSPS) is 10.9. The van der Waals surface area contributed by atoms with Crippen molar-refractivity contribution < 1.29 is 14.1 Å². The number of hydrogen-bond acceptors (Lipinski definition) is 4. The molecular weight excluding hydrogens is 293 g/mol. The molecule has 4 nitrogen and oxygen atoms in total. The van der Waals surface area contributed by atoms with Crippen LogP contribution < -0.4 is 0 Å². The van der Waals surface area contributed by atoms with Crippen LogP contribution in [0.25, 0.3) is 6.08 Å². The molecule has 0 aliphatic rings. The van der Waals surface area contributed by atoms with E-state index in [0.717, 1.165) is 12.1 Å². The van der Waals surface area contributed by atoms with E-state index in [4.69, 9.17) is 11.6 Å². The molecule has 0 aromatic heterocycles. The zero-order valence-corrected chi connectivity index (χ0v) is 11.6. The lowest BCUT2D eigenvalue weighted by atomic mass is 10.1. The number of thioether (sulfide) groups is 1. The molecule has 0 spiro atoms. The van der Waals surface area contributed by atoms with Gasteiger partial charge >= 0.3 is 5.69 Å². The quantitative estimate of drug-likeness (QED) is 0.467. The molecule has 19 heavy (non-hydrogen) atoms.